The van der Waals surface area contributed by atoms with Crippen molar-refractivity contribution in [3.05, 3.63) is 59.4 Å². The predicted molar refractivity (Wildman–Crippen MR) is 126 cm³/mol. The minimum absolute atomic E-state index is 0.111. The molecule has 3 rings (SSSR count). The number of aldehydes is 1. The molecule has 1 amide bonds. The zero-order chi connectivity index (χ0) is 25.1. The molecule has 1 aliphatic rings. The first-order valence-corrected chi connectivity index (χ1v) is 11.4. The minimum Gasteiger partial charge on any atom is -0.398 e. The Kier molecular flexibility index (Phi) is 10.5. The molecule has 0 saturated carbocycles. The Bertz CT molecular complexity index is 912. The SMILES string of the molecule is CC(C)CCNC(=O)C1CCN(Cc2cccc(N)c2C=O)CC1.FC(F)(F)c1ccccn1. The number of amides is 1. The fourth-order valence-corrected chi connectivity index (χ4v) is 3.67. The topological polar surface area (TPSA) is 88.3 Å². The summed E-state index contributed by atoms with van der Waals surface area (Å²) in [5.41, 5.74) is 7.09. The van der Waals surface area contributed by atoms with E-state index in [0.717, 1.165) is 63.0 Å². The van der Waals surface area contributed by atoms with Gasteiger partial charge in [0.15, 0.2) is 6.29 Å². The van der Waals surface area contributed by atoms with Crippen molar-refractivity contribution in [2.45, 2.75) is 45.8 Å². The number of nitrogens with two attached hydrogens (primary N) is 1. The molecular weight excluding hydrogens is 445 g/mol. The van der Waals surface area contributed by atoms with Gasteiger partial charge in [-0.2, -0.15) is 13.2 Å². The van der Waals surface area contributed by atoms with E-state index in [1.54, 1.807) is 6.07 Å². The van der Waals surface area contributed by atoms with E-state index < -0.39 is 11.9 Å². The maximum absolute atomic E-state index is 12.2. The summed E-state index contributed by atoms with van der Waals surface area (Å²) in [6, 6.07) is 9.25. The maximum atomic E-state index is 12.2. The molecule has 186 valence electrons. The molecule has 0 atom stereocenters. The van der Waals surface area contributed by atoms with Crippen LogP contribution in [0.5, 0.6) is 0 Å². The van der Waals surface area contributed by atoms with Crippen LogP contribution in [-0.4, -0.2) is 41.7 Å². The molecule has 2 heterocycles. The van der Waals surface area contributed by atoms with E-state index in [1.165, 1.54) is 12.1 Å². The summed E-state index contributed by atoms with van der Waals surface area (Å²) in [5.74, 6) is 0.908. The molecule has 1 saturated heterocycles. The average molecular weight is 479 g/mol. The molecule has 0 spiro atoms. The fourth-order valence-electron chi connectivity index (χ4n) is 3.67. The highest BCUT2D eigenvalue weighted by atomic mass is 19.4. The van der Waals surface area contributed by atoms with Gasteiger partial charge >= 0.3 is 6.18 Å². The van der Waals surface area contributed by atoms with Crippen molar-refractivity contribution in [3.63, 3.8) is 0 Å². The van der Waals surface area contributed by atoms with Gasteiger partial charge in [0.25, 0.3) is 0 Å². The van der Waals surface area contributed by atoms with Crippen LogP contribution in [0.1, 0.15) is 54.7 Å². The van der Waals surface area contributed by atoms with Gasteiger partial charge in [0, 0.05) is 36.5 Å². The second kappa shape index (κ2) is 13.1. The number of halogens is 3. The van der Waals surface area contributed by atoms with Crippen LogP contribution in [-0.2, 0) is 17.5 Å². The molecule has 9 heteroatoms. The molecule has 6 nitrogen and oxygen atoms in total. The number of hydrogen-bond donors (Lipinski definition) is 2. The third kappa shape index (κ3) is 8.78. The Morgan fingerprint density at radius 1 is 1.21 bits per heavy atom. The Labute approximate surface area is 198 Å². The van der Waals surface area contributed by atoms with Crippen molar-refractivity contribution in [1.29, 1.82) is 0 Å². The van der Waals surface area contributed by atoms with Crippen LogP contribution in [0.25, 0.3) is 0 Å². The number of hydrogen-bond acceptors (Lipinski definition) is 5. The molecule has 34 heavy (non-hydrogen) atoms. The molecule has 0 aliphatic carbocycles. The summed E-state index contributed by atoms with van der Waals surface area (Å²) in [7, 11) is 0. The highest BCUT2D eigenvalue weighted by Gasteiger charge is 2.31. The number of pyridine rings is 1. The van der Waals surface area contributed by atoms with Crippen LogP contribution in [0.2, 0.25) is 0 Å². The second-order valence-electron chi connectivity index (χ2n) is 8.77. The first kappa shape index (κ1) is 27.3. The highest BCUT2D eigenvalue weighted by molar-refractivity contribution is 5.85. The molecule has 3 N–H and O–H groups in total. The minimum atomic E-state index is -4.32. The van der Waals surface area contributed by atoms with Gasteiger partial charge in [-0.25, -0.2) is 0 Å². The van der Waals surface area contributed by atoms with Crippen molar-refractivity contribution < 1.29 is 22.8 Å². The molecule has 1 aliphatic heterocycles. The van der Waals surface area contributed by atoms with Gasteiger partial charge in [-0.1, -0.05) is 32.0 Å². The summed E-state index contributed by atoms with van der Waals surface area (Å²) in [6.45, 7) is 7.54. The number of nitrogen functional groups attached to an aromatic ring is 1. The van der Waals surface area contributed by atoms with Gasteiger partial charge in [0.05, 0.1) is 0 Å². The third-order valence-corrected chi connectivity index (χ3v) is 5.68. The monoisotopic (exact) mass is 478 g/mol. The lowest BCUT2D eigenvalue weighted by Crippen LogP contribution is -2.40. The smallest absolute Gasteiger partial charge is 0.398 e. The van der Waals surface area contributed by atoms with Gasteiger partial charge < -0.3 is 11.1 Å². The molecule has 1 fully saturated rings. The van der Waals surface area contributed by atoms with Crippen molar-refractivity contribution >= 4 is 17.9 Å². The van der Waals surface area contributed by atoms with Crippen molar-refractivity contribution in [1.82, 2.24) is 15.2 Å². The summed E-state index contributed by atoms with van der Waals surface area (Å²) in [6.07, 6.45) is 0.386. The van der Waals surface area contributed by atoms with E-state index in [9.17, 15) is 22.8 Å². The largest absolute Gasteiger partial charge is 0.433 e. The lowest BCUT2D eigenvalue weighted by Gasteiger charge is -2.31. The normalized spacial score (nSPS) is 14.9. The number of aromatic nitrogens is 1. The highest BCUT2D eigenvalue weighted by Crippen LogP contribution is 2.26. The zero-order valence-electron chi connectivity index (χ0n) is 19.6. The lowest BCUT2D eigenvalue weighted by atomic mass is 9.95. The van der Waals surface area contributed by atoms with Crippen LogP contribution >= 0.6 is 0 Å². The van der Waals surface area contributed by atoms with Crippen LogP contribution in [0.4, 0.5) is 18.9 Å². The molecule has 1 aromatic heterocycles. The summed E-state index contributed by atoms with van der Waals surface area (Å²) in [4.78, 5) is 28.8. The van der Waals surface area contributed by atoms with Gasteiger partial charge in [0.2, 0.25) is 5.91 Å². The summed E-state index contributed by atoms with van der Waals surface area (Å²) in [5, 5.41) is 3.05. The van der Waals surface area contributed by atoms with Gasteiger partial charge in [-0.3, -0.25) is 19.5 Å². The number of carbonyl (C=O) groups excluding carboxylic acids is 2. The first-order valence-electron chi connectivity index (χ1n) is 11.4. The van der Waals surface area contributed by atoms with E-state index in [0.29, 0.717) is 23.7 Å². The molecule has 1 aromatic carbocycles. The van der Waals surface area contributed by atoms with E-state index in [2.05, 4.69) is 29.0 Å². The van der Waals surface area contributed by atoms with E-state index in [-0.39, 0.29) is 11.8 Å². The van der Waals surface area contributed by atoms with Crippen LogP contribution in [0.3, 0.4) is 0 Å². The van der Waals surface area contributed by atoms with E-state index in [4.69, 9.17) is 5.73 Å². The summed E-state index contributed by atoms with van der Waals surface area (Å²) >= 11 is 0. The third-order valence-electron chi connectivity index (χ3n) is 5.68. The molecule has 0 bridgehead atoms. The van der Waals surface area contributed by atoms with Crippen LogP contribution in [0, 0.1) is 11.8 Å². The number of alkyl halides is 3. The van der Waals surface area contributed by atoms with E-state index >= 15 is 0 Å². The standard InChI is InChI=1S/C19H29N3O2.C6H4F3N/c1-14(2)6-9-21-19(24)15-7-10-22(11-8-15)12-16-4-3-5-18(20)17(16)13-23;7-6(8,9)5-3-1-2-4-10-5/h3-5,13-15H,6-12,20H2,1-2H3,(H,21,24);1-4H. The van der Waals surface area contributed by atoms with E-state index in [1.807, 2.05) is 12.1 Å². The summed E-state index contributed by atoms with van der Waals surface area (Å²) < 4.78 is 35.2. The number of rotatable bonds is 7. The van der Waals surface area contributed by atoms with Crippen molar-refractivity contribution in [2.24, 2.45) is 11.8 Å². The average Bonchev–Trinajstić information content (AvgIpc) is 2.80. The van der Waals surface area contributed by atoms with Gasteiger partial charge in [0.1, 0.15) is 5.69 Å². The Morgan fingerprint density at radius 2 is 1.91 bits per heavy atom. The van der Waals surface area contributed by atoms with Crippen LogP contribution < -0.4 is 11.1 Å². The number of nitrogens with one attached hydrogen (secondary N) is 1. The predicted octanol–water partition coefficient (Wildman–Crippen LogP) is 4.56. The number of anilines is 1. The number of likely N-dealkylation sites (tertiary alicyclic amines) is 1. The molecule has 0 radical (unpaired) electrons. The Hall–Kier alpha value is -2.94. The number of benzene rings is 1. The van der Waals surface area contributed by atoms with Crippen LogP contribution in [0.15, 0.2) is 42.6 Å². The Balaban J connectivity index is 0.000000340. The fraction of sp³-hybridized carbons (Fsp3) is 0.480. The number of carbonyl (C=O) groups is 2. The Morgan fingerprint density at radius 3 is 2.44 bits per heavy atom. The van der Waals surface area contributed by atoms with Gasteiger partial charge in [-0.15, -0.1) is 0 Å². The van der Waals surface area contributed by atoms with Gasteiger partial charge in [-0.05, 0) is 62.0 Å². The second-order valence-corrected chi connectivity index (χ2v) is 8.77. The number of piperidine rings is 1. The zero-order valence-corrected chi connectivity index (χ0v) is 19.6. The quantitative estimate of drug-likeness (QED) is 0.450. The lowest BCUT2D eigenvalue weighted by molar-refractivity contribution is -0.141. The molecular formula is C25H33F3N4O2. The number of nitrogens with zero attached hydrogens (tertiary/aromatic N) is 2. The molecule has 0 unspecified atom stereocenters. The van der Waals surface area contributed by atoms with Crippen molar-refractivity contribution in [2.75, 3.05) is 25.4 Å². The first-order chi connectivity index (χ1) is 16.1. The van der Waals surface area contributed by atoms with Crippen molar-refractivity contribution in [3.8, 4) is 0 Å². The maximum Gasteiger partial charge on any atom is 0.433 e. The molecule has 2 aromatic rings.